The Morgan fingerprint density at radius 1 is 0.479 bits per heavy atom. The number of hydrogen-bond acceptors (Lipinski definition) is 19. The van der Waals surface area contributed by atoms with Crippen molar-refractivity contribution in [1.29, 1.82) is 0 Å². The number of nitrogens with zero attached hydrogens (tertiary/aromatic N) is 9. The minimum Gasteiger partial charge on any atom is -0.368 e. The molecule has 25 nitrogen and oxygen atoms in total. The third-order valence-electron chi connectivity index (χ3n) is 10.9. The van der Waals surface area contributed by atoms with Gasteiger partial charge in [0.2, 0.25) is 17.2 Å². The van der Waals surface area contributed by atoms with Crippen molar-refractivity contribution in [2.45, 2.75) is 19.6 Å². The number of nitrogen functional groups attached to an aromatic ring is 1. The number of rotatable bonds is 8. The third-order valence-corrected chi connectivity index (χ3v) is 15.1. The molecule has 9 aromatic rings. The summed E-state index contributed by atoms with van der Waals surface area (Å²) >= 11 is 5.91. The molecule has 356 valence electrons. The van der Waals surface area contributed by atoms with Crippen LogP contribution in [0.5, 0.6) is 0 Å². The van der Waals surface area contributed by atoms with Gasteiger partial charge in [0.25, 0.3) is 40.4 Å². The predicted molar refractivity (Wildman–Crippen MR) is 255 cm³/mol. The lowest BCUT2D eigenvalue weighted by Crippen LogP contribution is -2.13. The van der Waals surface area contributed by atoms with Crippen LogP contribution >= 0.6 is 11.6 Å². The smallest absolute Gasteiger partial charge is 0.295 e. The number of benzene rings is 5. The fourth-order valence-electron chi connectivity index (χ4n) is 7.97. The minimum absolute atomic E-state index is 0.000743. The molecule has 8 bridgehead atoms. The Bertz CT molecular complexity index is 4460. The van der Waals surface area contributed by atoms with E-state index in [1.807, 2.05) is 0 Å². The molecule has 2 aliphatic rings. The van der Waals surface area contributed by atoms with Gasteiger partial charge in [-0.05, 0) is 78.3 Å². The van der Waals surface area contributed by atoms with E-state index in [1.165, 1.54) is 60.7 Å². The van der Waals surface area contributed by atoms with E-state index in [2.05, 4.69) is 54.9 Å². The molecule has 0 amide bonds. The first kappa shape index (κ1) is 45.3. The zero-order valence-corrected chi connectivity index (χ0v) is 39.0. The van der Waals surface area contributed by atoms with E-state index in [1.54, 1.807) is 12.1 Å². The first-order valence-electron chi connectivity index (χ1n) is 19.9. The summed E-state index contributed by atoms with van der Waals surface area (Å²) in [5, 5.41) is 2.46. The van der Waals surface area contributed by atoms with Gasteiger partial charge >= 0.3 is 0 Å². The molecular formula is C41H25ClN14O11S4. The summed E-state index contributed by atoms with van der Waals surface area (Å²) in [4.78, 5) is 43.4. The summed E-state index contributed by atoms with van der Waals surface area (Å²) in [6, 6.07) is 21.1. The first-order valence-corrected chi connectivity index (χ1v) is 26.1. The molecular weight excluding hydrogens is 1030 g/mol. The van der Waals surface area contributed by atoms with E-state index in [4.69, 9.17) is 27.3 Å². The highest BCUT2D eigenvalue weighted by Crippen LogP contribution is 2.40. The van der Waals surface area contributed by atoms with Crippen molar-refractivity contribution in [1.82, 2.24) is 54.8 Å². The van der Waals surface area contributed by atoms with Gasteiger partial charge in [-0.2, -0.15) is 40.2 Å². The maximum atomic E-state index is 14.2. The van der Waals surface area contributed by atoms with E-state index in [0.29, 0.717) is 5.69 Å². The van der Waals surface area contributed by atoms with E-state index >= 15 is 0 Å². The van der Waals surface area contributed by atoms with Crippen LogP contribution < -0.4 is 15.8 Å². The number of hydrogen-bond donors (Lipinski definition) is 8. The minimum atomic E-state index is -4.97. The van der Waals surface area contributed by atoms with Crippen molar-refractivity contribution in [2.75, 3.05) is 15.8 Å². The maximum absolute atomic E-state index is 14.2. The van der Waals surface area contributed by atoms with E-state index in [0.717, 1.165) is 24.3 Å². The van der Waals surface area contributed by atoms with Crippen LogP contribution in [0.4, 0.5) is 23.3 Å². The van der Waals surface area contributed by atoms with Crippen LogP contribution in [0.15, 0.2) is 117 Å². The second-order valence-corrected chi connectivity index (χ2v) is 21.6. The second kappa shape index (κ2) is 15.9. The predicted octanol–water partition coefficient (Wildman–Crippen LogP) is 5.57. The number of sulfonamides is 1. The molecule has 71 heavy (non-hydrogen) atoms. The molecule has 4 aromatic heterocycles. The van der Waals surface area contributed by atoms with Crippen LogP contribution in [-0.4, -0.2) is 102 Å². The van der Waals surface area contributed by atoms with Crippen LogP contribution in [0, 0.1) is 0 Å². The Balaban J connectivity index is 1.18. The Kier molecular flexibility index (Phi) is 10.2. The van der Waals surface area contributed by atoms with Crippen LogP contribution in [-0.2, 0) is 40.4 Å². The van der Waals surface area contributed by atoms with E-state index in [9.17, 15) is 47.3 Å². The summed E-state index contributed by atoms with van der Waals surface area (Å²) in [6.07, 6.45) is 0. The highest BCUT2D eigenvalue weighted by atomic mass is 35.5. The van der Waals surface area contributed by atoms with Gasteiger partial charge in [-0.15, -0.1) is 0 Å². The number of nitrogens with two attached hydrogens (primary N) is 1. The Hall–Kier alpha value is -8.16. The molecule has 0 aliphatic carbocycles. The van der Waals surface area contributed by atoms with Crippen molar-refractivity contribution in [3.05, 3.63) is 102 Å². The second-order valence-electron chi connectivity index (χ2n) is 15.4. The third kappa shape index (κ3) is 8.15. The highest BCUT2D eigenvalue weighted by molar-refractivity contribution is 7.92. The molecule has 5 aromatic carbocycles. The Morgan fingerprint density at radius 3 is 1.48 bits per heavy atom. The summed E-state index contributed by atoms with van der Waals surface area (Å²) < 4.78 is 138. The first-order chi connectivity index (χ1) is 33.6. The number of anilines is 4. The quantitative estimate of drug-likeness (QED) is 0.0861. The molecule has 9 N–H and O–H groups in total. The zero-order valence-electron chi connectivity index (χ0n) is 35.0. The topological polar surface area (TPSA) is 395 Å². The average Bonchev–Trinajstić information content (AvgIpc) is 4.03. The fraction of sp³-hybridized carbons (Fsp3) is 0. The Labute approximate surface area is 402 Å². The van der Waals surface area contributed by atoms with Gasteiger partial charge in [0.05, 0.1) is 15.5 Å². The standard InChI is InChI=1S/C41H25ClN14O11S4/c42-39-53-40(43)55-41(54-39)44-17-4-1-5-18(14-17)56-68(57,58)19-10-12-21-25(15-19)35-45-31(21)49-37-30-24(7-3-9-28(30)71(65,66)67)34(52-37)48-36-26-16-20(69(59,60)61)11-13-22(26)32(46-36)50-38-29-23(33(47-35)51-38)6-2-8-27(29)70(62,63)64/h1-16,56H,(H,59,60,61)(H,62,63,64)(H,65,66,67)(H3,43,44,53,54,55)(H2,45,46,47,48,49,50,51,52). The fourth-order valence-corrected chi connectivity index (χ4v) is 11.1. The van der Waals surface area contributed by atoms with Crippen molar-refractivity contribution < 1.29 is 47.3 Å². The molecule has 11 rings (SSSR count). The number of halogens is 1. The average molecular weight is 1050 g/mol. The molecule has 30 heteroatoms. The highest BCUT2D eigenvalue weighted by Gasteiger charge is 2.28. The van der Waals surface area contributed by atoms with Crippen molar-refractivity contribution >= 4 is 119 Å². The van der Waals surface area contributed by atoms with Crippen molar-refractivity contribution in [2.24, 2.45) is 0 Å². The molecule has 0 saturated carbocycles. The number of nitrogens with one attached hydrogen (secondary N) is 4. The van der Waals surface area contributed by atoms with Gasteiger partial charge in [-0.25, -0.2) is 38.3 Å². The molecule has 0 spiro atoms. The molecule has 0 radical (unpaired) electrons. The molecule has 0 saturated heterocycles. The lowest BCUT2D eigenvalue weighted by atomic mass is 10.1. The lowest BCUT2D eigenvalue weighted by Gasteiger charge is -2.11. The van der Waals surface area contributed by atoms with Gasteiger partial charge < -0.3 is 21.0 Å². The van der Waals surface area contributed by atoms with Gasteiger partial charge in [-0.3, -0.25) is 18.4 Å². The number of H-pyrrole nitrogens is 2. The summed E-state index contributed by atoms with van der Waals surface area (Å²) in [5.41, 5.74) is 5.75. The Morgan fingerprint density at radius 2 is 0.958 bits per heavy atom. The monoisotopic (exact) mass is 1050 g/mol. The molecule has 2 aliphatic heterocycles. The van der Waals surface area contributed by atoms with E-state index in [-0.39, 0.29) is 117 Å². The zero-order chi connectivity index (χ0) is 49.9. The molecule has 6 heterocycles. The summed E-state index contributed by atoms with van der Waals surface area (Å²) in [6.45, 7) is 0. The number of fused-ring (bicyclic) bond motifs is 20. The summed E-state index contributed by atoms with van der Waals surface area (Å²) in [7, 11) is -19.2. The normalized spacial score (nSPS) is 12.7. The maximum Gasteiger partial charge on any atom is 0.295 e. The molecule has 0 unspecified atom stereocenters. The van der Waals surface area contributed by atoms with Crippen LogP contribution in [0.1, 0.15) is 0 Å². The summed E-state index contributed by atoms with van der Waals surface area (Å²) in [5.74, 6) is -0.966. The van der Waals surface area contributed by atoms with Crippen molar-refractivity contribution in [3.8, 4) is 45.6 Å². The SMILES string of the molecule is Nc1nc(Cl)nc(Nc2cccc(NS(=O)(=O)c3ccc4c(c3)-c3nc-4nc4[nH]c(nc5nc(nc6[nH]c(n3)c3cccc(S(=O)(=O)O)c63)-c3ccc(S(=O)(=O)O)cc3-5)c3cccc(S(=O)(=O)O)c43)c2)n1. The largest absolute Gasteiger partial charge is 0.368 e. The van der Waals surface area contributed by atoms with Gasteiger partial charge in [-0.1, -0.05) is 30.3 Å². The molecule has 0 atom stereocenters. The van der Waals surface area contributed by atoms with Crippen LogP contribution in [0.3, 0.4) is 0 Å². The van der Waals surface area contributed by atoms with Gasteiger partial charge in [0, 0.05) is 49.5 Å². The van der Waals surface area contributed by atoms with Gasteiger partial charge in [0.15, 0.2) is 23.3 Å². The van der Waals surface area contributed by atoms with E-state index < -0.39 is 55.1 Å². The number of aromatic amines is 2. The van der Waals surface area contributed by atoms with Crippen LogP contribution in [0.25, 0.3) is 89.7 Å². The van der Waals surface area contributed by atoms with Crippen LogP contribution in [0.2, 0.25) is 5.28 Å². The van der Waals surface area contributed by atoms with Crippen molar-refractivity contribution in [3.63, 3.8) is 0 Å². The number of aromatic nitrogens is 11. The van der Waals surface area contributed by atoms with Gasteiger partial charge in [0.1, 0.15) is 32.4 Å². The lowest BCUT2D eigenvalue weighted by molar-refractivity contribution is 0.481. The molecule has 0 fully saturated rings.